The Balaban J connectivity index is 1.74. The number of methoxy groups -OCH3 is 1. The normalized spacial score (nSPS) is 19.1. The molecule has 1 N–H and O–H groups in total. The summed E-state index contributed by atoms with van der Waals surface area (Å²) >= 11 is 0. The van der Waals surface area contributed by atoms with Gasteiger partial charge in [0.2, 0.25) is 0 Å². The summed E-state index contributed by atoms with van der Waals surface area (Å²) in [5.41, 5.74) is 0.0242. The SMILES string of the molecule is COCCC1(NC(=O)c2ccc(F)cc2)CCN(C(=O)c2cnccn2)C1. The molecule has 8 heteroatoms. The van der Waals surface area contributed by atoms with Crippen LogP contribution >= 0.6 is 0 Å². The zero-order valence-electron chi connectivity index (χ0n) is 15.0. The van der Waals surface area contributed by atoms with Crippen LogP contribution in [0.3, 0.4) is 0 Å². The van der Waals surface area contributed by atoms with Crippen molar-refractivity contribution < 1.29 is 18.7 Å². The average Bonchev–Trinajstić information content (AvgIpc) is 3.11. The molecule has 0 spiro atoms. The number of carbonyl (C=O) groups excluding carboxylic acids is 2. The second-order valence-electron chi connectivity index (χ2n) is 6.55. The molecule has 0 radical (unpaired) electrons. The zero-order chi connectivity index (χ0) is 19.3. The molecule has 142 valence electrons. The first-order chi connectivity index (χ1) is 13.0. The second-order valence-corrected chi connectivity index (χ2v) is 6.55. The molecular formula is C19H21FN4O3. The van der Waals surface area contributed by atoms with Gasteiger partial charge >= 0.3 is 0 Å². The minimum Gasteiger partial charge on any atom is -0.385 e. The lowest BCUT2D eigenvalue weighted by molar-refractivity contribution is 0.0742. The van der Waals surface area contributed by atoms with E-state index in [2.05, 4.69) is 15.3 Å². The Hall–Kier alpha value is -2.87. The number of amides is 2. The summed E-state index contributed by atoms with van der Waals surface area (Å²) < 4.78 is 18.3. The fourth-order valence-electron chi connectivity index (χ4n) is 3.20. The van der Waals surface area contributed by atoms with E-state index in [1.54, 1.807) is 12.0 Å². The van der Waals surface area contributed by atoms with Gasteiger partial charge in [0.05, 0.1) is 11.7 Å². The van der Waals surface area contributed by atoms with E-state index in [-0.39, 0.29) is 17.5 Å². The van der Waals surface area contributed by atoms with Crippen LogP contribution in [-0.4, -0.2) is 59.0 Å². The third-order valence-electron chi connectivity index (χ3n) is 4.69. The van der Waals surface area contributed by atoms with Crippen molar-refractivity contribution in [2.45, 2.75) is 18.4 Å². The van der Waals surface area contributed by atoms with E-state index >= 15 is 0 Å². The van der Waals surface area contributed by atoms with Crippen LogP contribution in [0.15, 0.2) is 42.9 Å². The Bertz CT molecular complexity index is 800. The number of likely N-dealkylation sites (tertiary alicyclic amines) is 1. The van der Waals surface area contributed by atoms with Gasteiger partial charge in [-0.25, -0.2) is 9.37 Å². The first-order valence-corrected chi connectivity index (χ1v) is 8.65. The fraction of sp³-hybridized carbons (Fsp3) is 0.368. The van der Waals surface area contributed by atoms with E-state index in [4.69, 9.17) is 4.74 Å². The first-order valence-electron chi connectivity index (χ1n) is 8.65. The van der Waals surface area contributed by atoms with Crippen LogP contribution in [0.25, 0.3) is 0 Å². The van der Waals surface area contributed by atoms with Crippen molar-refractivity contribution in [1.82, 2.24) is 20.2 Å². The van der Waals surface area contributed by atoms with Crippen molar-refractivity contribution >= 4 is 11.8 Å². The lowest BCUT2D eigenvalue weighted by Gasteiger charge is -2.30. The van der Waals surface area contributed by atoms with Crippen molar-refractivity contribution in [3.8, 4) is 0 Å². The molecule has 3 rings (SSSR count). The number of rotatable bonds is 6. The van der Waals surface area contributed by atoms with Gasteiger partial charge in [0, 0.05) is 44.8 Å². The van der Waals surface area contributed by atoms with E-state index in [1.807, 2.05) is 0 Å². The third kappa shape index (κ3) is 4.46. The van der Waals surface area contributed by atoms with Gasteiger partial charge in [0.25, 0.3) is 11.8 Å². The summed E-state index contributed by atoms with van der Waals surface area (Å²) in [6, 6.07) is 5.36. The molecule has 1 atom stereocenters. The van der Waals surface area contributed by atoms with Crippen LogP contribution in [0, 0.1) is 5.82 Å². The van der Waals surface area contributed by atoms with Crippen molar-refractivity contribution in [2.24, 2.45) is 0 Å². The lowest BCUT2D eigenvalue weighted by Crippen LogP contribution is -2.51. The van der Waals surface area contributed by atoms with Gasteiger partial charge < -0.3 is 15.0 Å². The second kappa shape index (κ2) is 8.22. The standard InChI is InChI=1S/C19H21FN4O3/c1-27-11-7-19(23-17(25)14-2-4-15(20)5-3-14)6-10-24(13-19)18(26)16-12-21-8-9-22-16/h2-5,8-9,12H,6-7,10-11,13H2,1H3,(H,23,25). The van der Waals surface area contributed by atoms with Gasteiger partial charge in [-0.05, 0) is 37.1 Å². The molecule has 1 aromatic heterocycles. The molecule has 0 saturated carbocycles. The van der Waals surface area contributed by atoms with E-state index in [1.165, 1.54) is 42.9 Å². The maximum Gasteiger partial charge on any atom is 0.274 e. The van der Waals surface area contributed by atoms with Gasteiger partial charge in [0.1, 0.15) is 11.5 Å². The number of benzene rings is 1. The maximum atomic E-state index is 13.1. The molecule has 27 heavy (non-hydrogen) atoms. The number of nitrogens with one attached hydrogen (secondary N) is 1. The Labute approximate surface area is 156 Å². The van der Waals surface area contributed by atoms with Gasteiger partial charge in [0.15, 0.2) is 0 Å². The van der Waals surface area contributed by atoms with Crippen molar-refractivity contribution in [3.63, 3.8) is 0 Å². The fourth-order valence-corrected chi connectivity index (χ4v) is 3.20. The summed E-state index contributed by atoms with van der Waals surface area (Å²) in [6.45, 7) is 1.28. The molecule has 1 saturated heterocycles. The Morgan fingerprint density at radius 1 is 1.30 bits per heavy atom. The molecule has 0 bridgehead atoms. The molecule has 7 nitrogen and oxygen atoms in total. The van der Waals surface area contributed by atoms with Crippen LogP contribution in [0.5, 0.6) is 0 Å². The van der Waals surface area contributed by atoms with Gasteiger partial charge in [-0.3, -0.25) is 14.6 Å². The molecule has 1 fully saturated rings. The monoisotopic (exact) mass is 372 g/mol. The van der Waals surface area contributed by atoms with E-state index in [0.29, 0.717) is 38.1 Å². The summed E-state index contributed by atoms with van der Waals surface area (Å²) in [6.07, 6.45) is 5.55. The predicted octanol–water partition coefficient (Wildman–Crippen LogP) is 1.67. The summed E-state index contributed by atoms with van der Waals surface area (Å²) in [7, 11) is 1.59. The highest BCUT2D eigenvalue weighted by Crippen LogP contribution is 2.27. The van der Waals surface area contributed by atoms with Gasteiger partial charge in [-0.2, -0.15) is 0 Å². The van der Waals surface area contributed by atoms with E-state index in [0.717, 1.165) is 0 Å². The highest BCUT2D eigenvalue weighted by atomic mass is 19.1. The van der Waals surface area contributed by atoms with Crippen LogP contribution in [0.4, 0.5) is 4.39 Å². The van der Waals surface area contributed by atoms with Crippen LogP contribution < -0.4 is 5.32 Å². The Morgan fingerprint density at radius 3 is 2.74 bits per heavy atom. The Kier molecular flexibility index (Phi) is 5.75. The summed E-state index contributed by atoms with van der Waals surface area (Å²) in [5.74, 6) is -0.930. The third-order valence-corrected chi connectivity index (χ3v) is 4.69. The molecular weight excluding hydrogens is 351 g/mol. The van der Waals surface area contributed by atoms with E-state index < -0.39 is 11.4 Å². The number of hydrogen-bond acceptors (Lipinski definition) is 5. The minimum atomic E-state index is -0.612. The average molecular weight is 372 g/mol. The van der Waals surface area contributed by atoms with Gasteiger partial charge in [-0.1, -0.05) is 0 Å². The number of ether oxygens (including phenoxy) is 1. The number of carbonyl (C=O) groups is 2. The van der Waals surface area contributed by atoms with Crippen LogP contribution in [0.2, 0.25) is 0 Å². The van der Waals surface area contributed by atoms with Crippen molar-refractivity contribution in [1.29, 1.82) is 0 Å². The van der Waals surface area contributed by atoms with Gasteiger partial charge in [-0.15, -0.1) is 0 Å². The Morgan fingerprint density at radius 2 is 2.07 bits per heavy atom. The maximum absolute atomic E-state index is 13.1. The quantitative estimate of drug-likeness (QED) is 0.834. The first kappa shape index (κ1) is 18.9. The number of hydrogen-bond donors (Lipinski definition) is 1. The smallest absolute Gasteiger partial charge is 0.274 e. The molecule has 0 aliphatic carbocycles. The lowest BCUT2D eigenvalue weighted by atomic mass is 9.94. The summed E-state index contributed by atoms with van der Waals surface area (Å²) in [5, 5.41) is 3.03. The number of nitrogens with zero attached hydrogens (tertiary/aromatic N) is 3. The molecule has 1 aliphatic heterocycles. The highest BCUT2D eigenvalue weighted by molar-refractivity contribution is 5.95. The van der Waals surface area contributed by atoms with Crippen molar-refractivity contribution in [2.75, 3.05) is 26.8 Å². The number of halogens is 1. The largest absolute Gasteiger partial charge is 0.385 e. The predicted molar refractivity (Wildman–Crippen MR) is 95.6 cm³/mol. The van der Waals surface area contributed by atoms with E-state index in [9.17, 15) is 14.0 Å². The van der Waals surface area contributed by atoms with Crippen LogP contribution in [0.1, 0.15) is 33.7 Å². The molecule has 1 aromatic carbocycles. The minimum absolute atomic E-state index is 0.224. The molecule has 2 aromatic rings. The topological polar surface area (TPSA) is 84.4 Å². The summed E-state index contributed by atoms with van der Waals surface area (Å²) in [4.78, 5) is 34.9. The van der Waals surface area contributed by atoms with Crippen LogP contribution in [-0.2, 0) is 4.74 Å². The molecule has 1 aliphatic rings. The molecule has 2 heterocycles. The zero-order valence-corrected chi connectivity index (χ0v) is 15.0. The molecule has 1 unspecified atom stereocenters. The van der Waals surface area contributed by atoms with Crippen molar-refractivity contribution in [3.05, 3.63) is 59.9 Å². The molecule has 2 amide bonds. The highest BCUT2D eigenvalue weighted by Gasteiger charge is 2.41. The number of aromatic nitrogens is 2.